The summed E-state index contributed by atoms with van der Waals surface area (Å²) in [5.74, 6) is -0.545. The fraction of sp³-hybridized carbons (Fsp3) is 0.455. The Balaban J connectivity index is 2.66. The van der Waals surface area contributed by atoms with Gasteiger partial charge in [0.25, 0.3) is 0 Å². The fourth-order valence-electron chi connectivity index (χ4n) is 1.41. The van der Waals surface area contributed by atoms with E-state index in [1.807, 2.05) is 13.0 Å². The third kappa shape index (κ3) is 3.23. The van der Waals surface area contributed by atoms with E-state index in [4.69, 9.17) is 10.8 Å². The largest absolute Gasteiger partial charge is 0.481 e. The molecule has 0 saturated carbocycles. The van der Waals surface area contributed by atoms with Crippen molar-refractivity contribution in [3.8, 4) is 0 Å². The zero-order valence-electron chi connectivity index (χ0n) is 8.97. The highest BCUT2D eigenvalue weighted by atomic mass is 16.4. The molecule has 0 bridgehead atoms. The van der Waals surface area contributed by atoms with Gasteiger partial charge in [0.2, 0.25) is 0 Å². The molecule has 4 heteroatoms. The van der Waals surface area contributed by atoms with E-state index in [-0.39, 0.29) is 11.8 Å². The smallest absolute Gasteiger partial charge is 0.306 e. The van der Waals surface area contributed by atoms with Gasteiger partial charge in [0, 0.05) is 6.20 Å². The first kappa shape index (κ1) is 11.5. The molecule has 3 N–H and O–H groups in total. The van der Waals surface area contributed by atoms with E-state index >= 15 is 0 Å². The van der Waals surface area contributed by atoms with Crippen LogP contribution in [-0.4, -0.2) is 16.1 Å². The van der Waals surface area contributed by atoms with Crippen molar-refractivity contribution >= 4 is 11.8 Å². The lowest BCUT2D eigenvalue weighted by atomic mass is 9.90. The van der Waals surface area contributed by atoms with Crippen LogP contribution in [0.4, 0.5) is 5.82 Å². The predicted octanol–water partition coefficient (Wildman–Crippen LogP) is 1.56. The maximum Gasteiger partial charge on any atom is 0.306 e. The maximum atomic E-state index is 10.8. The van der Waals surface area contributed by atoms with Gasteiger partial charge in [0.05, 0.1) is 5.92 Å². The number of hydrogen-bond donors (Lipinski definition) is 2. The van der Waals surface area contributed by atoms with Crippen LogP contribution in [0.1, 0.15) is 19.4 Å². The molecule has 0 aromatic carbocycles. The van der Waals surface area contributed by atoms with E-state index in [1.165, 1.54) is 0 Å². The number of nitrogens with two attached hydrogens (primary N) is 1. The number of carboxylic acid groups (broad SMARTS) is 1. The van der Waals surface area contributed by atoms with Gasteiger partial charge in [-0.2, -0.15) is 0 Å². The van der Waals surface area contributed by atoms with Crippen molar-refractivity contribution < 1.29 is 9.90 Å². The summed E-state index contributed by atoms with van der Waals surface area (Å²) in [6.45, 7) is 3.65. The average Bonchev–Trinajstić information content (AvgIpc) is 2.16. The number of nitrogen functional groups attached to an aromatic ring is 1. The Morgan fingerprint density at radius 1 is 1.60 bits per heavy atom. The molecule has 0 aliphatic heterocycles. The van der Waals surface area contributed by atoms with E-state index in [0.29, 0.717) is 12.2 Å². The van der Waals surface area contributed by atoms with Crippen LogP contribution in [0.3, 0.4) is 0 Å². The van der Waals surface area contributed by atoms with Crippen molar-refractivity contribution in [1.29, 1.82) is 0 Å². The van der Waals surface area contributed by atoms with Crippen molar-refractivity contribution in [3.63, 3.8) is 0 Å². The number of rotatable bonds is 4. The van der Waals surface area contributed by atoms with Crippen molar-refractivity contribution in [1.82, 2.24) is 4.98 Å². The second kappa shape index (κ2) is 4.77. The number of carbonyl (C=O) groups is 1. The van der Waals surface area contributed by atoms with E-state index in [2.05, 4.69) is 4.98 Å². The summed E-state index contributed by atoms with van der Waals surface area (Å²) in [6.07, 6.45) is 2.35. The summed E-state index contributed by atoms with van der Waals surface area (Å²) in [6, 6.07) is 3.65. The van der Waals surface area contributed by atoms with E-state index in [9.17, 15) is 4.79 Å². The number of hydrogen-bond acceptors (Lipinski definition) is 3. The van der Waals surface area contributed by atoms with Gasteiger partial charge in [-0.25, -0.2) is 4.98 Å². The molecule has 0 aliphatic carbocycles. The van der Waals surface area contributed by atoms with Crippen LogP contribution in [-0.2, 0) is 11.2 Å². The number of carboxylic acids is 1. The number of aliphatic carboxylic acids is 1. The molecule has 0 saturated heterocycles. The fourth-order valence-corrected chi connectivity index (χ4v) is 1.41. The Bertz CT molecular complexity index is 352. The minimum Gasteiger partial charge on any atom is -0.481 e. The Morgan fingerprint density at radius 3 is 2.80 bits per heavy atom. The summed E-state index contributed by atoms with van der Waals surface area (Å²) in [7, 11) is 0. The molecular weight excluding hydrogens is 192 g/mol. The molecule has 2 atom stereocenters. The zero-order chi connectivity index (χ0) is 11.4. The second-order valence-corrected chi connectivity index (χ2v) is 3.90. The predicted molar refractivity (Wildman–Crippen MR) is 58.3 cm³/mol. The third-order valence-electron chi connectivity index (χ3n) is 2.65. The van der Waals surface area contributed by atoms with Crippen molar-refractivity contribution in [2.75, 3.05) is 5.73 Å². The van der Waals surface area contributed by atoms with Gasteiger partial charge in [-0.15, -0.1) is 0 Å². The first-order chi connectivity index (χ1) is 7.00. The number of nitrogens with zero attached hydrogens (tertiary/aromatic N) is 1. The highest BCUT2D eigenvalue weighted by Gasteiger charge is 2.19. The van der Waals surface area contributed by atoms with Crippen LogP contribution in [0, 0.1) is 11.8 Å². The Labute approximate surface area is 89.1 Å². The normalized spacial score (nSPS) is 14.5. The third-order valence-corrected chi connectivity index (χ3v) is 2.65. The van der Waals surface area contributed by atoms with Crippen molar-refractivity contribution in [3.05, 3.63) is 23.9 Å². The molecule has 0 fully saturated rings. The number of anilines is 1. The molecule has 0 amide bonds. The van der Waals surface area contributed by atoms with E-state index < -0.39 is 5.97 Å². The van der Waals surface area contributed by atoms with E-state index in [0.717, 1.165) is 5.56 Å². The molecular formula is C11H16N2O2. The first-order valence-corrected chi connectivity index (χ1v) is 4.94. The topological polar surface area (TPSA) is 76.2 Å². The lowest BCUT2D eigenvalue weighted by molar-refractivity contribution is -0.142. The lowest BCUT2D eigenvalue weighted by Gasteiger charge is -2.15. The van der Waals surface area contributed by atoms with Crippen molar-refractivity contribution in [2.24, 2.45) is 11.8 Å². The molecule has 82 valence electrons. The molecule has 2 unspecified atom stereocenters. The van der Waals surface area contributed by atoms with Crippen LogP contribution >= 0.6 is 0 Å². The molecule has 4 nitrogen and oxygen atoms in total. The summed E-state index contributed by atoms with van der Waals surface area (Å²) < 4.78 is 0. The minimum atomic E-state index is -0.760. The first-order valence-electron chi connectivity index (χ1n) is 4.94. The zero-order valence-corrected chi connectivity index (χ0v) is 8.97. The monoisotopic (exact) mass is 208 g/mol. The van der Waals surface area contributed by atoms with Crippen LogP contribution in [0.5, 0.6) is 0 Å². The summed E-state index contributed by atoms with van der Waals surface area (Å²) in [5.41, 5.74) is 6.57. The van der Waals surface area contributed by atoms with Gasteiger partial charge in [0.15, 0.2) is 0 Å². The molecule has 1 heterocycles. The van der Waals surface area contributed by atoms with Crippen LogP contribution < -0.4 is 5.73 Å². The molecule has 1 aromatic rings. The van der Waals surface area contributed by atoms with Gasteiger partial charge in [-0.1, -0.05) is 13.8 Å². The summed E-state index contributed by atoms with van der Waals surface area (Å²) in [5, 5.41) is 8.85. The van der Waals surface area contributed by atoms with Gasteiger partial charge in [0.1, 0.15) is 5.82 Å². The molecule has 1 rings (SSSR count). The number of aromatic nitrogens is 1. The average molecular weight is 208 g/mol. The quantitative estimate of drug-likeness (QED) is 0.787. The molecule has 1 aromatic heterocycles. The van der Waals surface area contributed by atoms with Gasteiger partial charge in [-0.05, 0) is 30.0 Å². The lowest BCUT2D eigenvalue weighted by Crippen LogP contribution is -2.19. The minimum absolute atomic E-state index is 0.0873. The Hall–Kier alpha value is -1.58. The number of pyridine rings is 1. The molecule has 0 spiro atoms. The summed E-state index contributed by atoms with van der Waals surface area (Å²) >= 11 is 0. The molecule has 0 radical (unpaired) electrons. The highest BCUT2D eigenvalue weighted by Crippen LogP contribution is 2.17. The van der Waals surface area contributed by atoms with Crippen LogP contribution in [0.25, 0.3) is 0 Å². The van der Waals surface area contributed by atoms with Crippen LogP contribution in [0.15, 0.2) is 18.3 Å². The van der Waals surface area contributed by atoms with E-state index in [1.54, 1.807) is 19.2 Å². The molecule has 15 heavy (non-hydrogen) atoms. The Morgan fingerprint density at radius 2 is 2.27 bits per heavy atom. The van der Waals surface area contributed by atoms with Gasteiger partial charge in [-0.3, -0.25) is 4.79 Å². The highest BCUT2D eigenvalue weighted by molar-refractivity contribution is 5.69. The summed E-state index contributed by atoms with van der Waals surface area (Å²) in [4.78, 5) is 14.6. The van der Waals surface area contributed by atoms with Gasteiger partial charge < -0.3 is 10.8 Å². The van der Waals surface area contributed by atoms with Crippen LogP contribution in [0.2, 0.25) is 0 Å². The Kier molecular flexibility index (Phi) is 3.66. The SMILES string of the molecule is CC(Cc1ccnc(N)c1)C(C)C(=O)O. The maximum absolute atomic E-state index is 10.8. The van der Waals surface area contributed by atoms with Gasteiger partial charge >= 0.3 is 5.97 Å². The second-order valence-electron chi connectivity index (χ2n) is 3.90. The standard InChI is InChI=1S/C11H16N2O2/c1-7(8(2)11(14)15)5-9-3-4-13-10(12)6-9/h3-4,6-8H,5H2,1-2H3,(H2,12,13)(H,14,15). The van der Waals surface area contributed by atoms with Crippen molar-refractivity contribution in [2.45, 2.75) is 20.3 Å². The molecule has 0 aliphatic rings.